The zero-order chi connectivity index (χ0) is 14.0. The van der Waals surface area contributed by atoms with Crippen molar-refractivity contribution in [2.24, 2.45) is 0 Å². The van der Waals surface area contributed by atoms with E-state index >= 15 is 0 Å². The summed E-state index contributed by atoms with van der Waals surface area (Å²) in [6, 6.07) is 5.98. The maximum atomic E-state index is 4.31. The summed E-state index contributed by atoms with van der Waals surface area (Å²) in [6.45, 7) is 4.89. The van der Waals surface area contributed by atoms with Gasteiger partial charge < -0.3 is 5.32 Å². The molecule has 0 atom stereocenters. The third kappa shape index (κ3) is 4.90. The van der Waals surface area contributed by atoms with Crippen molar-refractivity contribution in [3.05, 3.63) is 30.1 Å². The van der Waals surface area contributed by atoms with Gasteiger partial charge >= 0.3 is 0 Å². The van der Waals surface area contributed by atoms with Crippen molar-refractivity contribution < 1.29 is 0 Å². The Bertz CT molecular complexity index is 487. The molecule has 2 aromatic heterocycles. The summed E-state index contributed by atoms with van der Waals surface area (Å²) < 4.78 is 1.85. The maximum Gasteiger partial charge on any atom is 0.209 e. The summed E-state index contributed by atoms with van der Waals surface area (Å²) in [6.07, 6.45) is 3.89. The van der Waals surface area contributed by atoms with Crippen molar-refractivity contribution in [1.29, 1.82) is 0 Å². The van der Waals surface area contributed by atoms with Gasteiger partial charge in [-0.25, -0.2) is 4.68 Å². The molecule has 0 unspecified atom stereocenters. The van der Waals surface area contributed by atoms with E-state index in [2.05, 4.69) is 32.7 Å². The normalized spacial score (nSPS) is 10.8. The Labute approximate surface area is 123 Å². The van der Waals surface area contributed by atoms with Gasteiger partial charge in [-0.05, 0) is 41.9 Å². The lowest BCUT2D eigenvalue weighted by Gasteiger charge is -2.05. The van der Waals surface area contributed by atoms with E-state index in [1.165, 1.54) is 0 Å². The van der Waals surface area contributed by atoms with Crippen molar-refractivity contribution >= 4 is 11.8 Å². The van der Waals surface area contributed by atoms with E-state index in [1.54, 1.807) is 11.8 Å². The lowest BCUT2D eigenvalue weighted by molar-refractivity contribution is 0.510. The third-order valence-electron chi connectivity index (χ3n) is 2.74. The molecule has 6 nitrogen and oxygen atoms in total. The predicted molar refractivity (Wildman–Crippen MR) is 79.6 cm³/mol. The second-order valence-electron chi connectivity index (χ2n) is 4.35. The Morgan fingerprint density at radius 3 is 3.05 bits per heavy atom. The molecular formula is C13H20N6S. The number of nitrogens with zero attached hydrogens (tertiary/aromatic N) is 5. The van der Waals surface area contributed by atoms with Gasteiger partial charge in [0.05, 0.1) is 6.54 Å². The Morgan fingerprint density at radius 2 is 2.25 bits per heavy atom. The number of aryl methyl sites for hydroxylation is 1. The summed E-state index contributed by atoms with van der Waals surface area (Å²) >= 11 is 1.67. The molecule has 0 aliphatic rings. The third-order valence-corrected chi connectivity index (χ3v) is 3.70. The van der Waals surface area contributed by atoms with E-state index in [4.69, 9.17) is 0 Å². The topological polar surface area (TPSA) is 68.5 Å². The van der Waals surface area contributed by atoms with Crippen LogP contribution in [0.15, 0.2) is 29.6 Å². The molecule has 0 spiro atoms. The van der Waals surface area contributed by atoms with Crippen LogP contribution in [-0.2, 0) is 13.0 Å². The molecule has 108 valence electrons. The molecule has 0 saturated carbocycles. The number of rotatable bonds is 9. The van der Waals surface area contributed by atoms with Crippen molar-refractivity contribution in [2.45, 2.75) is 31.5 Å². The summed E-state index contributed by atoms with van der Waals surface area (Å²) in [5, 5.41) is 16.0. The van der Waals surface area contributed by atoms with Crippen molar-refractivity contribution in [1.82, 2.24) is 30.5 Å². The van der Waals surface area contributed by atoms with Gasteiger partial charge in [-0.3, -0.25) is 4.98 Å². The Morgan fingerprint density at radius 1 is 1.30 bits per heavy atom. The van der Waals surface area contributed by atoms with Gasteiger partial charge in [0.15, 0.2) is 0 Å². The van der Waals surface area contributed by atoms with E-state index in [0.29, 0.717) is 0 Å². The Kier molecular flexibility index (Phi) is 6.46. The molecule has 0 aromatic carbocycles. The monoisotopic (exact) mass is 292 g/mol. The fourth-order valence-electron chi connectivity index (χ4n) is 1.72. The van der Waals surface area contributed by atoms with Crippen LogP contribution in [0.2, 0.25) is 0 Å². The first-order valence-corrected chi connectivity index (χ1v) is 7.88. The van der Waals surface area contributed by atoms with E-state index in [0.717, 1.165) is 49.1 Å². The average Bonchev–Trinajstić information content (AvgIpc) is 2.92. The predicted octanol–water partition coefficient (Wildman–Crippen LogP) is 1.40. The number of tetrazole rings is 1. The molecule has 0 aliphatic carbocycles. The van der Waals surface area contributed by atoms with Gasteiger partial charge in [0.1, 0.15) is 0 Å². The smallest absolute Gasteiger partial charge is 0.209 e. The summed E-state index contributed by atoms with van der Waals surface area (Å²) in [5.41, 5.74) is 1.10. The van der Waals surface area contributed by atoms with Crippen LogP contribution in [0.1, 0.15) is 19.0 Å². The lowest BCUT2D eigenvalue weighted by Crippen LogP contribution is -2.21. The number of nitrogens with one attached hydrogen (secondary N) is 1. The molecule has 20 heavy (non-hydrogen) atoms. The number of pyridine rings is 1. The van der Waals surface area contributed by atoms with Gasteiger partial charge in [0, 0.05) is 24.2 Å². The van der Waals surface area contributed by atoms with E-state index in [9.17, 15) is 0 Å². The van der Waals surface area contributed by atoms with E-state index in [-0.39, 0.29) is 0 Å². The molecule has 0 aliphatic heterocycles. The maximum absolute atomic E-state index is 4.31. The highest BCUT2D eigenvalue weighted by atomic mass is 32.2. The van der Waals surface area contributed by atoms with Crippen LogP contribution in [0, 0.1) is 0 Å². The molecule has 2 rings (SSSR count). The molecule has 2 heterocycles. The highest BCUT2D eigenvalue weighted by Crippen LogP contribution is 2.14. The van der Waals surface area contributed by atoms with Crippen LogP contribution >= 0.6 is 11.8 Å². The first-order chi connectivity index (χ1) is 9.90. The first kappa shape index (κ1) is 14.9. The van der Waals surface area contributed by atoms with E-state index in [1.807, 2.05) is 29.1 Å². The number of hydrogen-bond donors (Lipinski definition) is 1. The van der Waals surface area contributed by atoms with Crippen LogP contribution in [0.3, 0.4) is 0 Å². The number of aromatic nitrogens is 5. The summed E-state index contributed by atoms with van der Waals surface area (Å²) in [5.74, 6) is 0.930. The summed E-state index contributed by atoms with van der Waals surface area (Å²) in [7, 11) is 0. The van der Waals surface area contributed by atoms with Crippen LogP contribution in [0.4, 0.5) is 0 Å². The molecule has 0 saturated heterocycles. The minimum absolute atomic E-state index is 0.804. The largest absolute Gasteiger partial charge is 0.315 e. The molecule has 0 amide bonds. The summed E-state index contributed by atoms with van der Waals surface area (Å²) in [4.78, 5) is 4.31. The fraction of sp³-hybridized carbons (Fsp3) is 0.538. The van der Waals surface area contributed by atoms with Crippen LogP contribution < -0.4 is 5.32 Å². The van der Waals surface area contributed by atoms with Crippen molar-refractivity contribution in [3.63, 3.8) is 0 Å². The second-order valence-corrected chi connectivity index (χ2v) is 5.42. The van der Waals surface area contributed by atoms with Gasteiger partial charge in [-0.1, -0.05) is 24.8 Å². The zero-order valence-corrected chi connectivity index (χ0v) is 12.5. The standard InChI is InChI=1S/C13H20N6S/c1-2-7-14-9-10-19-13(16-17-18-19)20-11-6-12-5-3-4-8-15-12/h3-5,8,14H,2,6-7,9-11H2,1H3. The number of hydrogen-bond acceptors (Lipinski definition) is 6. The molecule has 7 heteroatoms. The molecule has 0 fully saturated rings. The quantitative estimate of drug-likeness (QED) is 0.556. The zero-order valence-electron chi connectivity index (χ0n) is 11.7. The SMILES string of the molecule is CCCNCCn1nnnc1SCCc1ccccn1. The Hall–Kier alpha value is -1.47. The first-order valence-electron chi connectivity index (χ1n) is 6.89. The fourth-order valence-corrected chi connectivity index (χ4v) is 2.58. The highest BCUT2D eigenvalue weighted by molar-refractivity contribution is 7.99. The van der Waals surface area contributed by atoms with Gasteiger partial charge in [-0.15, -0.1) is 5.10 Å². The van der Waals surface area contributed by atoms with Crippen LogP contribution in [0.25, 0.3) is 0 Å². The average molecular weight is 292 g/mol. The molecule has 2 aromatic rings. The van der Waals surface area contributed by atoms with Crippen LogP contribution in [-0.4, -0.2) is 44.0 Å². The van der Waals surface area contributed by atoms with Gasteiger partial charge in [0.25, 0.3) is 0 Å². The second kappa shape index (κ2) is 8.65. The van der Waals surface area contributed by atoms with E-state index < -0.39 is 0 Å². The molecular weight excluding hydrogens is 272 g/mol. The molecule has 1 N–H and O–H groups in total. The van der Waals surface area contributed by atoms with Crippen molar-refractivity contribution in [2.75, 3.05) is 18.8 Å². The lowest BCUT2D eigenvalue weighted by atomic mass is 10.3. The van der Waals surface area contributed by atoms with Crippen molar-refractivity contribution in [3.8, 4) is 0 Å². The molecule has 0 radical (unpaired) electrons. The molecule has 0 bridgehead atoms. The van der Waals surface area contributed by atoms with Gasteiger partial charge in [-0.2, -0.15) is 0 Å². The number of thioether (sulfide) groups is 1. The minimum atomic E-state index is 0.804. The highest BCUT2D eigenvalue weighted by Gasteiger charge is 2.06. The Balaban J connectivity index is 1.74. The van der Waals surface area contributed by atoms with Gasteiger partial charge in [0.2, 0.25) is 5.16 Å². The van der Waals surface area contributed by atoms with Crippen LogP contribution in [0.5, 0.6) is 0 Å². The minimum Gasteiger partial charge on any atom is -0.315 e.